The molecule has 1 aliphatic rings. The molecule has 0 N–H and O–H groups in total. The summed E-state index contributed by atoms with van der Waals surface area (Å²) in [6.45, 7) is 1.39. The smallest absolute Gasteiger partial charge is 0.254 e. The van der Waals surface area contributed by atoms with Gasteiger partial charge in [0.15, 0.2) is 0 Å². The Kier molecular flexibility index (Phi) is 7.15. The molecule has 0 spiro atoms. The number of ether oxygens (including phenoxy) is 1. The van der Waals surface area contributed by atoms with Crippen molar-refractivity contribution in [3.63, 3.8) is 0 Å². The van der Waals surface area contributed by atoms with E-state index in [-0.39, 0.29) is 40.3 Å². The van der Waals surface area contributed by atoms with Gasteiger partial charge < -0.3 is 14.5 Å². The average molecular weight is 464 g/mol. The molecule has 1 saturated heterocycles. The molecule has 2 amide bonds. The van der Waals surface area contributed by atoms with Crippen molar-refractivity contribution in [2.45, 2.75) is 11.3 Å². The standard InChI is InChI=1S/C22H26FN3O5S/c1-24(2)32(29,30)20-15-17(6-9-19(20)31-3)22(28)26-12-10-25(11-13-26)21(27)14-16-4-7-18(23)8-5-16/h4-9,15H,10-14H2,1-3H3. The maximum absolute atomic E-state index is 13.0. The molecule has 0 saturated carbocycles. The fraction of sp³-hybridized carbons (Fsp3) is 0.364. The number of hydrogen-bond acceptors (Lipinski definition) is 5. The Morgan fingerprint density at radius 1 is 1.00 bits per heavy atom. The molecule has 1 aliphatic heterocycles. The highest BCUT2D eigenvalue weighted by Crippen LogP contribution is 2.27. The average Bonchev–Trinajstić information content (AvgIpc) is 2.79. The van der Waals surface area contributed by atoms with Crippen molar-refractivity contribution in [3.05, 3.63) is 59.4 Å². The molecule has 32 heavy (non-hydrogen) atoms. The molecule has 172 valence electrons. The minimum Gasteiger partial charge on any atom is -0.495 e. The monoisotopic (exact) mass is 463 g/mol. The molecule has 0 radical (unpaired) electrons. The summed E-state index contributed by atoms with van der Waals surface area (Å²) in [4.78, 5) is 28.7. The van der Waals surface area contributed by atoms with Crippen molar-refractivity contribution in [3.8, 4) is 5.75 Å². The highest BCUT2D eigenvalue weighted by Gasteiger charge is 2.28. The van der Waals surface area contributed by atoms with Crippen LogP contribution in [0.4, 0.5) is 4.39 Å². The Labute approximate surface area is 187 Å². The van der Waals surface area contributed by atoms with Gasteiger partial charge in [0.05, 0.1) is 13.5 Å². The first-order chi connectivity index (χ1) is 15.1. The van der Waals surface area contributed by atoms with Crippen LogP contribution in [0.1, 0.15) is 15.9 Å². The van der Waals surface area contributed by atoms with Crippen molar-refractivity contribution < 1.29 is 27.1 Å². The lowest BCUT2D eigenvalue weighted by Gasteiger charge is -2.35. The summed E-state index contributed by atoms with van der Waals surface area (Å²) in [7, 11) is 0.387. The molecule has 1 fully saturated rings. The molecule has 1 heterocycles. The van der Waals surface area contributed by atoms with Gasteiger partial charge in [-0.05, 0) is 35.9 Å². The van der Waals surface area contributed by atoms with Crippen LogP contribution in [-0.4, -0.2) is 81.7 Å². The van der Waals surface area contributed by atoms with Crippen LogP contribution < -0.4 is 4.74 Å². The summed E-state index contributed by atoms with van der Waals surface area (Å²) in [6.07, 6.45) is 0.165. The Bertz CT molecular complexity index is 1100. The first-order valence-electron chi connectivity index (χ1n) is 10.1. The summed E-state index contributed by atoms with van der Waals surface area (Å²) < 4.78 is 44.5. The maximum Gasteiger partial charge on any atom is 0.254 e. The van der Waals surface area contributed by atoms with E-state index in [1.807, 2.05) is 0 Å². The number of nitrogens with zero attached hydrogens (tertiary/aromatic N) is 3. The molecule has 2 aromatic carbocycles. The SMILES string of the molecule is COc1ccc(C(=O)N2CCN(C(=O)Cc3ccc(F)cc3)CC2)cc1S(=O)(=O)N(C)C. The van der Waals surface area contributed by atoms with E-state index in [2.05, 4.69) is 0 Å². The van der Waals surface area contributed by atoms with E-state index in [0.29, 0.717) is 26.2 Å². The molecule has 8 nitrogen and oxygen atoms in total. The van der Waals surface area contributed by atoms with Crippen molar-refractivity contribution in [1.29, 1.82) is 0 Å². The van der Waals surface area contributed by atoms with Gasteiger partial charge in [-0.2, -0.15) is 0 Å². The second-order valence-electron chi connectivity index (χ2n) is 7.63. The van der Waals surface area contributed by atoms with Gasteiger partial charge in [-0.3, -0.25) is 9.59 Å². The lowest BCUT2D eigenvalue weighted by atomic mass is 10.1. The number of amides is 2. The number of hydrogen-bond donors (Lipinski definition) is 0. The Morgan fingerprint density at radius 3 is 2.16 bits per heavy atom. The Morgan fingerprint density at radius 2 is 1.59 bits per heavy atom. The molecule has 10 heteroatoms. The number of methoxy groups -OCH3 is 1. The molecule has 0 bridgehead atoms. The molecule has 0 unspecified atom stereocenters. The topological polar surface area (TPSA) is 87.2 Å². The number of piperazine rings is 1. The normalized spacial score (nSPS) is 14.5. The molecular weight excluding hydrogens is 437 g/mol. The van der Waals surface area contributed by atoms with Gasteiger partial charge in [-0.25, -0.2) is 17.1 Å². The third-order valence-corrected chi connectivity index (χ3v) is 7.19. The fourth-order valence-electron chi connectivity index (χ4n) is 3.44. The highest BCUT2D eigenvalue weighted by atomic mass is 32.2. The van der Waals surface area contributed by atoms with Crippen LogP contribution in [0.2, 0.25) is 0 Å². The predicted octanol–water partition coefficient (Wildman–Crippen LogP) is 1.61. The van der Waals surface area contributed by atoms with Crippen LogP contribution in [-0.2, 0) is 21.2 Å². The zero-order chi connectivity index (χ0) is 23.5. The van der Waals surface area contributed by atoms with E-state index >= 15 is 0 Å². The van der Waals surface area contributed by atoms with Crippen molar-refractivity contribution in [1.82, 2.24) is 14.1 Å². The zero-order valence-corrected chi connectivity index (χ0v) is 19.1. The van der Waals surface area contributed by atoms with Gasteiger partial charge in [0.2, 0.25) is 15.9 Å². The first-order valence-corrected chi connectivity index (χ1v) is 11.5. The summed E-state index contributed by atoms with van der Waals surface area (Å²) in [5, 5.41) is 0. The van der Waals surface area contributed by atoms with Gasteiger partial charge in [-0.1, -0.05) is 12.1 Å². The minimum atomic E-state index is -3.80. The molecule has 0 aliphatic carbocycles. The quantitative estimate of drug-likeness (QED) is 0.650. The molecule has 0 aromatic heterocycles. The van der Waals surface area contributed by atoms with Crippen LogP contribution in [0.5, 0.6) is 5.75 Å². The Balaban J connectivity index is 1.67. The number of carbonyl (C=O) groups is 2. The molecule has 0 atom stereocenters. The Hall–Kier alpha value is -2.98. The molecule has 3 rings (SSSR count). The fourth-order valence-corrected chi connectivity index (χ4v) is 4.51. The third-order valence-electron chi connectivity index (χ3n) is 5.36. The van der Waals surface area contributed by atoms with Gasteiger partial charge in [0, 0.05) is 45.8 Å². The maximum atomic E-state index is 13.0. The second kappa shape index (κ2) is 9.66. The summed E-state index contributed by atoms with van der Waals surface area (Å²) in [5.74, 6) is -0.596. The van der Waals surface area contributed by atoms with Crippen LogP contribution in [0.15, 0.2) is 47.4 Å². The zero-order valence-electron chi connectivity index (χ0n) is 18.2. The predicted molar refractivity (Wildman–Crippen MR) is 116 cm³/mol. The summed E-state index contributed by atoms with van der Waals surface area (Å²) in [6, 6.07) is 10.1. The van der Waals surface area contributed by atoms with Crippen molar-refractivity contribution >= 4 is 21.8 Å². The van der Waals surface area contributed by atoms with E-state index in [0.717, 1.165) is 9.87 Å². The molecule has 2 aromatic rings. The highest BCUT2D eigenvalue weighted by molar-refractivity contribution is 7.89. The largest absolute Gasteiger partial charge is 0.495 e. The van der Waals surface area contributed by atoms with E-state index in [4.69, 9.17) is 4.74 Å². The number of sulfonamides is 1. The second-order valence-corrected chi connectivity index (χ2v) is 9.75. The van der Waals surface area contributed by atoms with E-state index in [1.165, 1.54) is 51.5 Å². The number of carbonyl (C=O) groups excluding carboxylic acids is 2. The third kappa shape index (κ3) is 5.08. The van der Waals surface area contributed by atoms with Gasteiger partial charge in [0.25, 0.3) is 5.91 Å². The lowest BCUT2D eigenvalue weighted by molar-refractivity contribution is -0.131. The van der Waals surface area contributed by atoms with E-state index < -0.39 is 10.0 Å². The van der Waals surface area contributed by atoms with E-state index in [1.54, 1.807) is 21.9 Å². The van der Waals surface area contributed by atoms with Crippen LogP contribution >= 0.6 is 0 Å². The minimum absolute atomic E-state index is 0.0797. The van der Waals surface area contributed by atoms with Gasteiger partial charge in [-0.15, -0.1) is 0 Å². The lowest BCUT2D eigenvalue weighted by Crippen LogP contribution is -2.51. The van der Waals surface area contributed by atoms with E-state index in [9.17, 15) is 22.4 Å². The number of halogens is 1. The van der Waals surface area contributed by atoms with Gasteiger partial charge in [0.1, 0.15) is 16.5 Å². The van der Waals surface area contributed by atoms with Crippen molar-refractivity contribution in [2.24, 2.45) is 0 Å². The van der Waals surface area contributed by atoms with Crippen LogP contribution in [0.25, 0.3) is 0 Å². The number of rotatable bonds is 6. The van der Waals surface area contributed by atoms with Gasteiger partial charge >= 0.3 is 0 Å². The van der Waals surface area contributed by atoms with Crippen LogP contribution in [0, 0.1) is 5.82 Å². The molecular formula is C22H26FN3O5S. The summed E-state index contributed by atoms with van der Waals surface area (Å²) in [5.41, 5.74) is 0.958. The first kappa shape index (κ1) is 23.7. The summed E-state index contributed by atoms with van der Waals surface area (Å²) >= 11 is 0. The number of benzene rings is 2. The van der Waals surface area contributed by atoms with Crippen LogP contribution in [0.3, 0.4) is 0 Å². The van der Waals surface area contributed by atoms with Crippen molar-refractivity contribution in [2.75, 3.05) is 47.4 Å².